The van der Waals surface area contributed by atoms with Crippen LogP contribution in [0.4, 0.5) is 0 Å². The van der Waals surface area contributed by atoms with Crippen LogP contribution in [0.2, 0.25) is 0 Å². The van der Waals surface area contributed by atoms with Crippen molar-refractivity contribution in [2.75, 3.05) is 38.8 Å². The molecule has 0 amide bonds. The fourth-order valence-electron chi connectivity index (χ4n) is 0.487. The Morgan fingerprint density at radius 3 is 2.45 bits per heavy atom. The van der Waals surface area contributed by atoms with Gasteiger partial charge in [0.15, 0.2) is 0 Å². The second kappa shape index (κ2) is 5.51. The van der Waals surface area contributed by atoms with E-state index < -0.39 is 9.84 Å². The first kappa shape index (κ1) is 10.9. The molecular weight excluding hydrogens is 166 g/mol. The molecular formula is C6H15NO3S. The van der Waals surface area contributed by atoms with Crippen LogP contribution in [-0.2, 0) is 14.6 Å². The molecule has 4 nitrogen and oxygen atoms in total. The SMILES string of the molecule is CNCCOCCS(C)(=O)=O. The van der Waals surface area contributed by atoms with E-state index in [9.17, 15) is 8.42 Å². The molecule has 0 spiro atoms. The molecule has 0 atom stereocenters. The molecule has 0 saturated heterocycles. The van der Waals surface area contributed by atoms with Gasteiger partial charge in [-0.05, 0) is 7.05 Å². The van der Waals surface area contributed by atoms with Crippen molar-refractivity contribution < 1.29 is 13.2 Å². The predicted octanol–water partition coefficient (Wildman–Crippen LogP) is -0.733. The highest BCUT2D eigenvalue weighted by molar-refractivity contribution is 7.90. The van der Waals surface area contributed by atoms with Gasteiger partial charge in [0.2, 0.25) is 0 Å². The minimum atomic E-state index is -2.86. The second-order valence-electron chi connectivity index (χ2n) is 2.35. The van der Waals surface area contributed by atoms with E-state index in [1.807, 2.05) is 7.05 Å². The van der Waals surface area contributed by atoms with E-state index in [-0.39, 0.29) is 5.75 Å². The summed E-state index contributed by atoms with van der Waals surface area (Å²) in [5.74, 6) is 0.108. The van der Waals surface area contributed by atoms with E-state index in [1.165, 1.54) is 6.26 Å². The number of likely N-dealkylation sites (N-methyl/N-ethyl adjacent to an activating group) is 1. The highest BCUT2D eigenvalue weighted by atomic mass is 32.2. The fourth-order valence-corrected chi connectivity index (χ4v) is 0.907. The Morgan fingerprint density at radius 2 is 2.00 bits per heavy atom. The average molecular weight is 181 g/mol. The Balaban J connectivity index is 3.16. The van der Waals surface area contributed by atoms with Gasteiger partial charge in [0.25, 0.3) is 0 Å². The standard InChI is InChI=1S/C6H15NO3S/c1-7-3-4-10-5-6-11(2,8)9/h7H,3-6H2,1-2H3. The van der Waals surface area contributed by atoms with Gasteiger partial charge in [-0.1, -0.05) is 0 Å². The van der Waals surface area contributed by atoms with Gasteiger partial charge in [0.05, 0.1) is 19.0 Å². The van der Waals surface area contributed by atoms with E-state index in [2.05, 4.69) is 5.32 Å². The van der Waals surface area contributed by atoms with Gasteiger partial charge in [0.1, 0.15) is 9.84 Å². The normalized spacial score (nSPS) is 11.8. The maximum atomic E-state index is 10.6. The lowest BCUT2D eigenvalue weighted by molar-refractivity contribution is 0.152. The third-order valence-corrected chi connectivity index (χ3v) is 2.00. The Hall–Kier alpha value is -0.130. The molecule has 0 aromatic carbocycles. The van der Waals surface area contributed by atoms with Crippen LogP contribution >= 0.6 is 0 Å². The molecule has 0 heterocycles. The summed E-state index contributed by atoms with van der Waals surface area (Å²) in [7, 11) is -1.04. The van der Waals surface area contributed by atoms with Crippen LogP contribution in [0, 0.1) is 0 Å². The van der Waals surface area contributed by atoms with Crippen molar-refractivity contribution in [3.8, 4) is 0 Å². The van der Waals surface area contributed by atoms with Crippen molar-refractivity contribution in [1.29, 1.82) is 0 Å². The summed E-state index contributed by atoms with van der Waals surface area (Å²) in [5.41, 5.74) is 0. The van der Waals surface area contributed by atoms with Gasteiger partial charge < -0.3 is 10.1 Å². The molecule has 0 aromatic rings. The summed E-state index contributed by atoms with van der Waals surface area (Å²) < 4.78 is 26.1. The van der Waals surface area contributed by atoms with Crippen molar-refractivity contribution in [2.45, 2.75) is 0 Å². The quantitative estimate of drug-likeness (QED) is 0.549. The lowest BCUT2D eigenvalue weighted by atomic mass is 10.7. The highest BCUT2D eigenvalue weighted by Gasteiger charge is 2.00. The minimum absolute atomic E-state index is 0.108. The summed E-state index contributed by atoms with van der Waals surface area (Å²) in [6.07, 6.45) is 1.20. The van der Waals surface area contributed by atoms with E-state index in [4.69, 9.17) is 4.74 Å². The first-order chi connectivity index (χ1) is 5.06. The lowest BCUT2D eigenvalue weighted by Gasteiger charge is -2.01. The number of nitrogens with one attached hydrogen (secondary N) is 1. The molecule has 0 aromatic heterocycles. The maximum Gasteiger partial charge on any atom is 0.149 e. The Bertz CT molecular complexity index is 176. The minimum Gasteiger partial charge on any atom is -0.379 e. The number of sulfone groups is 1. The zero-order valence-corrected chi connectivity index (χ0v) is 7.78. The molecule has 0 saturated carbocycles. The molecule has 0 fully saturated rings. The van der Waals surface area contributed by atoms with Crippen LogP contribution < -0.4 is 5.32 Å². The molecule has 5 heteroatoms. The van der Waals surface area contributed by atoms with Crippen molar-refractivity contribution in [1.82, 2.24) is 5.32 Å². The van der Waals surface area contributed by atoms with Crippen molar-refractivity contribution in [3.05, 3.63) is 0 Å². The Kier molecular flexibility index (Phi) is 5.45. The van der Waals surface area contributed by atoms with Gasteiger partial charge in [0, 0.05) is 12.8 Å². The van der Waals surface area contributed by atoms with Gasteiger partial charge in [-0.15, -0.1) is 0 Å². The fraction of sp³-hybridized carbons (Fsp3) is 1.00. The smallest absolute Gasteiger partial charge is 0.149 e. The van der Waals surface area contributed by atoms with Crippen molar-refractivity contribution in [3.63, 3.8) is 0 Å². The average Bonchev–Trinajstić information content (AvgIpc) is 1.85. The van der Waals surface area contributed by atoms with Crippen LogP contribution in [0.1, 0.15) is 0 Å². The Morgan fingerprint density at radius 1 is 1.36 bits per heavy atom. The lowest BCUT2D eigenvalue weighted by Crippen LogP contribution is -2.17. The van der Waals surface area contributed by atoms with Crippen LogP contribution in [0.25, 0.3) is 0 Å². The van der Waals surface area contributed by atoms with Crippen molar-refractivity contribution >= 4 is 9.84 Å². The highest BCUT2D eigenvalue weighted by Crippen LogP contribution is 1.82. The molecule has 0 aliphatic rings. The van der Waals surface area contributed by atoms with Gasteiger partial charge in [-0.25, -0.2) is 8.42 Å². The summed E-state index contributed by atoms with van der Waals surface area (Å²) in [6, 6.07) is 0. The summed E-state index contributed by atoms with van der Waals surface area (Å²) in [6.45, 7) is 1.61. The topological polar surface area (TPSA) is 55.4 Å². The summed E-state index contributed by atoms with van der Waals surface area (Å²) >= 11 is 0. The molecule has 11 heavy (non-hydrogen) atoms. The van der Waals surface area contributed by atoms with Crippen LogP contribution in [0.3, 0.4) is 0 Å². The van der Waals surface area contributed by atoms with Gasteiger partial charge >= 0.3 is 0 Å². The van der Waals surface area contributed by atoms with Crippen molar-refractivity contribution in [2.24, 2.45) is 0 Å². The molecule has 0 radical (unpaired) electrons. The number of hydrogen-bond donors (Lipinski definition) is 1. The maximum absolute atomic E-state index is 10.6. The Labute approximate surface area is 67.9 Å². The molecule has 1 N–H and O–H groups in total. The molecule has 0 bridgehead atoms. The number of hydrogen-bond acceptors (Lipinski definition) is 4. The third-order valence-electron chi connectivity index (χ3n) is 1.09. The second-order valence-corrected chi connectivity index (χ2v) is 4.61. The molecule has 0 rings (SSSR count). The molecule has 0 unspecified atom stereocenters. The van der Waals surface area contributed by atoms with Gasteiger partial charge in [-0.2, -0.15) is 0 Å². The van der Waals surface area contributed by atoms with Crippen LogP contribution in [0.5, 0.6) is 0 Å². The number of ether oxygens (including phenoxy) is 1. The van der Waals surface area contributed by atoms with Crippen LogP contribution in [-0.4, -0.2) is 47.2 Å². The molecule has 68 valence electrons. The summed E-state index contributed by atoms with van der Waals surface area (Å²) in [4.78, 5) is 0. The zero-order chi connectivity index (χ0) is 8.74. The zero-order valence-electron chi connectivity index (χ0n) is 6.96. The predicted molar refractivity (Wildman–Crippen MR) is 44.5 cm³/mol. The first-order valence-electron chi connectivity index (χ1n) is 3.46. The number of rotatable bonds is 6. The van der Waals surface area contributed by atoms with E-state index in [1.54, 1.807) is 0 Å². The summed E-state index contributed by atoms with van der Waals surface area (Å²) in [5, 5.41) is 2.89. The molecule has 0 aliphatic carbocycles. The van der Waals surface area contributed by atoms with E-state index in [0.717, 1.165) is 6.54 Å². The van der Waals surface area contributed by atoms with E-state index >= 15 is 0 Å². The van der Waals surface area contributed by atoms with Gasteiger partial charge in [-0.3, -0.25) is 0 Å². The molecule has 0 aliphatic heterocycles. The first-order valence-corrected chi connectivity index (χ1v) is 5.52. The largest absolute Gasteiger partial charge is 0.379 e. The van der Waals surface area contributed by atoms with E-state index in [0.29, 0.717) is 13.2 Å². The monoisotopic (exact) mass is 181 g/mol. The third kappa shape index (κ3) is 9.87. The van der Waals surface area contributed by atoms with Crippen LogP contribution in [0.15, 0.2) is 0 Å².